The van der Waals surface area contributed by atoms with Crippen molar-refractivity contribution in [3.8, 4) is 0 Å². The second-order valence-corrected chi connectivity index (χ2v) is 7.19. The maximum atomic E-state index is 12.8. The SMILES string of the molecule is CC(SCC(=O)Nc1ccc(F)cc1)C(=O)NC(C)C1CCCO1. The number of carbonyl (C=O) groups is 2. The number of benzene rings is 1. The molecule has 132 valence electrons. The van der Waals surface area contributed by atoms with Gasteiger partial charge in [0.05, 0.1) is 23.1 Å². The van der Waals surface area contributed by atoms with Crippen LogP contribution in [0.5, 0.6) is 0 Å². The Morgan fingerprint density at radius 3 is 2.67 bits per heavy atom. The summed E-state index contributed by atoms with van der Waals surface area (Å²) in [5, 5.41) is 5.27. The highest BCUT2D eigenvalue weighted by Crippen LogP contribution is 2.17. The minimum atomic E-state index is -0.354. The van der Waals surface area contributed by atoms with Crippen LogP contribution in [0.2, 0.25) is 0 Å². The summed E-state index contributed by atoms with van der Waals surface area (Å²) < 4.78 is 18.4. The van der Waals surface area contributed by atoms with Gasteiger partial charge in [-0.3, -0.25) is 9.59 Å². The molecule has 0 bridgehead atoms. The number of amides is 2. The van der Waals surface area contributed by atoms with Crippen LogP contribution >= 0.6 is 11.8 Å². The number of anilines is 1. The van der Waals surface area contributed by atoms with Gasteiger partial charge in [0.15, 0.2) is 0 Å². The average molecular weight is 354 g/mol. The Kier molecular flexibility index (Phi) is 7.05. The standard InChI is InChI=1S/C17H23FN2O3S/c1-11(15-4-3-9-23-15)19-17(22)12(2)24-10-16(21)20-14-7-5-13(18)6-8-14/h5-8,11-12,15H,3-4,9-10H2,1-2H3,(H,19,22)(H,20,21). The lowest BCUT2D eigenvalue weighted by molar-refractivity contribution is -0.121. The minimum absolute atomic E-state index is 0.0314. The van der Waals surface area contributed by atoms with Crippen LogP contribution in [-0.4, -0.2) is 41.6 Å². The fourth-order valence-corrected chi connectivity index (χ4v) is 3.13. The molecular formula is C17H23FN2O3S. The molecule has 1 aliphatic heterocycles. The van der Waals surface area contributed by atoms with Gasteiger partial charge in [-0.05, 0) is 51.0 Å². The van der Waals surface area contributed by atoms with Crippen molar-refractivity contribution in [1.82, 2.24) is 5.32 Å². The van der Waals surface area contributed by atoms with E-state index >= 15 is 0 Å². The van der Waals surface area contributed by atoms with E-state index in [4.69, 9.17) is 4.74 Å². The third kappa shape index (κ3) is 5.79. The van der Waals surface area contributed by atoms with Gasteiger partial charge < -0.3 is 15.4 Å². The number of hydrogen-bond donors (Lipinski definition) is 2. The van der Waals surface area contributed by atoms with E-state index in [1.54, 1.807) is 6.92 Å². The summed E-state index contributed by atoms with van der Waals surface area (Å²) in [6, 6.07) is 5.53. The number of rotatable bonds is 7. The van der Waals surface area contributed by atoms with Gasteiger partial charge in [-0.15, -0.1) is 11.8 Å². The molecule has 0 spiro atoms. The van der Waals surface area contributed by atoms with Gasteiger partial charge in [-0.1, -0.05) is 0 Å². The van der Waals surface area contributed by atoms with E-state index in [0.717, 1.165) is 19.4 Å². The summed E-state index contributed by atoms with van der Waals surface area (Å²) in [6.07, 6.45) is 2.06. The molecule has 2 N–H and O–H groups in total. The van der Waals surface area contributed by atoms with Gasteiger partial charge in [0.25, 0.3) is 0 Å². The van der Waals surface area contributed by atoms with Crippen molar-refractivity contribution < 1.29 is 18.7 Å². The second kappa shape index (κ2) is 9.03. The maximum absolute atomic E-state index is 12.8. The summed E-state index contributed by atoms with van der Waals surface area (Å²) in [5.41, 5.74) is 0.533. The highest BCUT2D eigenvalue weighted by atomic mass is 32.2. The molecule has 1 saturated heterocycles. The second-order valence-electron chi connectivity index (χ2n) is 5.86. The molecule has 3 unspecified atom stereocenters. The van der Waals surface area contributed by atoms with Gasteiger partial charge in [0.2, 0.25) is 11.8 Å². The number of hydrogen-bond acceptors (Lipinski definition) is 4. The summed E-state index contributed by atoms with van der Waals surface area (Å²) in [7, 11) is 0. The van der Waals surface area contributed by atoms with E-state index in [2.05, 4.69) is 10.6 Å². The van der Waals surface area contributed by atoms with Crippen LogP contribution < -0.4 is 10.6 Å². The Morgan fingerprint density at radius 2 is 2.04 bits per heavy atom. The van der Waals surface area contributed by atoms with Crippen molar-refractivity contribution in [3.05, 3.63) is 30.1 Å². The van der Waals surface area contributed by atoms with Crippen molar-refractivity contribution in [1.29, 1.82) is 0 Å². The molecule has 3 atom stereocenters. The van der Waals surface area contributed by atoms with Crippen LogP contribution in [0.15, 0.2) is 24.3 Å². The molecule has 1 fully saturated rings. The van der Waals surface area contributed by atoms with Crippen LogP contribution in [0.3, 0.4) is 0 Å². The topological polar surface area (TPSA) is 67.4 Å². The Labute approximate surface area is 145 Å². The predicted octanol–water partition coefficient (Wildman–Crippen LogP) is 2.57. The molecule has 2 rings (SSSR count). The van der Waals surface area contributed by atoms with Crippen LogP contribution in [0, 0.1) is 5.82 Å². The summed E-state index contributed by atoms with van der Waals surface area (Å²) in [6.45, 7) is 4.46. The zero-order valence-corrected chi connectivity index (χ0v) is 14.7. The molecule has 1 aromatic rings. The highest BCUT2D eigenvalue weighted by molar-refractivity contribution is 8.01. The number of halogens is 1. The molecule has 0 aromatic heterocycles. The number of ether oxygens (including phenoxy) is 1. The molecule has 1 aliphatic rings. The molecule has 1 heterocycles. The van der Waals surface area contributed by atoms with Crippen molar-refractivity contribution >= 4 is 29.3 Å². The average Bonchev–Trinajstić information content (AvgIpc) is 3.09. The van der Waals surface area contributed by atoms with Crippen molar-refractivity contribution in [2.45, 2.75) is 44.1 Å². The van der Waals surface area contributed by atoms with Crippen LogP contribution in [0.25, 0.3) is 0 Å². The van der Waals surface area contributed by atoms with Gasteiger partial charge in [-0.2, -0.15) is 0 Å². The molecule has 1 aromatic carbocycles. The van der Waals surface area contributed by atoms with Crippen molar-refractivity contribution in [2.75, 3.05) is 17.7 Å². The first-order valence-electron chi connectivity index (χ1n) is 8.04. The van der Waals surface area contributed by atoms with Gasteiger partial charge in [-0.25, -0.2) is 4.39 Å². The van der Waals surface area contributed by atoms with Crippen molar-refractivity contribution in [2.24, 2.45) is 0 Å². The molecule has 5 nitrogen and oxygen atoms in total. The zero-order chi connectivity index (χ0) is 17.5. The van der Waals surface area contributed by atoms with E-state index in [1.165, 1.54) is 36.0 Å². The van der Waals surface area contributed by atoms with Crippen molar-refractivity contribution in [3.63, 3.8) is 0 Å². The van der Waals surface area contributed by atoms with Gasteiger partial charge in [0, 0.05) is 12.3 Å². The number of nitrogens with one attached hydrogen (secondary N) is 2. The fourth-order valence-electron chi connectivity index (χ4n) is 2.44. The third-order valence-corrected chi connectivity index (χ3v) is 5.00. The first-order valence-corrected chi connectivity index (χ1v) is 9.09. The van der Waals surface area contributed by atoms with Gasteiger partial charge in [0.1, 0.15) is 5.82 Å². The Balaban J connectivity index is 1.70. The Hall–Kier alpha value is -1.60. The summed E-state index contributed by atoms with van der Waals surface area (Å²) in [4.78, 5) is 24.0. The van der Waals surface area contributed by atoms with Crippen LogP contribution in [-0.2, 0) is 14.3 Å². The van der Waals surface area contributed by atoms with E-state index < -0.39 is 0 Å². The monoisotopic (exact) mass is 354 g/mol. The minimum Gasteiger partial charge on any atom is -0.376 e. The molecule has 0 radical (unpaired) electrons. The van der Waals surface area contributed by atoms with E-state index in [9.17, 15) is 14.0 Å². The molecule has 2 amide bonds. The molecule has 0 aliphatic carbocycles. The summed E-state index contributed by atoms with van der Waals surface area (Å²) in [5.74, 6) is -0.524. The molecular weight excluding hydrogens is 331 g/mol. The lowest BCUT2D eigenvalue weighted by Crippen LogP contribution is -2.44. The normalized spacial score (nSPS) is 19.5. The smallest absolute Gasteiger partial charge is 0.234 e. The van der Waals surface area contributed by atoms with Gasteiger partial charge >= 0.3 is 0 Å². The quantitative estimate of drug-likeness (QED) is 0.790. The predicted molar refractivity (Wildman–Crippen MR) is 93.5 cm³/mol. The summed E-state index contributed by atoms with van der Waals surface area (Å²) >= 11 is 1.26. The zero-order valence-electron chi connectivity index (χ0n) is 13.9. The molecule has 24 heavy (non-hydrogen) atoms. The first-order chi connectivity index (χ1) is 11.5. The first kappa shape index (κ1) is 18.7. The third-order valence-electron chi connectivity index (χ3n) is 3.85. The lowest BCUT2D eigenvalue weighted by atomic mass is 10.1. The number of thioether (sulfide) groups is 1. The highest BCUT2D eigenvalue weighted by Gasteiger charge is 2.25. The Bertz CT molecular complexity index is 561. The van der Waals surface area contributed by atoms with E-state index in [-0.39, 0.29) is 40.8 Å². The molecule has 0 saturated carbocycles. The Morgan fingerprint density at radius 1 is 1.33 bits per heavy atom. The lowest BCUT2D eigenvalue weighted by Gasteiger charge is -2.22. The fraction of sp³-hybridized carbons (Fsp3) is 0.529. The number of carbonyl (C=O) groups excluding carboxylic acids is 2. The molecule has 7 heteroatoms. The van der Waals surface area contributed by atoms with Crippen LogP contribution in [0.4, 0.5) is 10.1 Å². The van der Waals surface area contributed by atoms with E-state index in [0.29, 0.717) is 5.69 Å². The largest absolute Gasteiger partial charge is 0.376 e. The van der Waals surface area contributed by atoms with Crippen LogP contribution in [0.1, 0.15) is 26.7 Å². The maximum Gasteiger partial charge on any atom is 0.234 e. The van der Waals surface area contributed by atoms with E-state index in [1.807, 2.05) is 6.92 Å².